The number of nitrogens with one attached hydrogen (secondary N) is 3. The van der Waals surface area contributed by atoms with Crippen LogP contribution in [0.5, 0.6) is 0 Å². The first-order valence-corrected chi connectivity index (χ1v) is 10.7. The first-order chi connectivity index (χ1) is 12.2. The fourth-order valence-corrected chi connectivity index (χ4v) is 5.83. The number of rotatable bonds is 4. The van der Waals surface area contributed by atoms with E-state index in [1.165, 1.54) is 57.8 Å². The highest BCUT2D eigenvalue weighted by Crippen LogP contribution is 2.48. The maximum Gasteiger partial charge on any atom is 0.223 e. The van der Waals surface area contributed by atoms with Crippen molar-refractivity contribution in [3.63, 3.8) is 0 Å². The number of carbonyl (C=O) groups excluding carboxylic acids is 1. The average molecular weight is 350 g/mol. The molecule has 0 aromatic heterocycles. The third-order valence-electron chi connectivity index (χ3n) is 7.28. The Morgan fingerprint density at radius 3 is 2.60 bits per heavy atom. The van der Waals surface area contributed by atoms with Crippen LogP contribution in [0.1, 0.15) is 77.6 Å². The number of hydrogen-bond acceptors (Lipinski definition) is 4. The Labute approximate surface area is 152 Å². The maximum atomic E-state index is 12.8. The maximum absolute atomic E-state index is 12.8. The molecule has 1 heterocycles. The molecule has 0 aromatic carbocycles. The van der Waals surface area contributed by atoms with Gasteiger partial charge in [0.15, 0.2) is 0 Å². The molecule has 3 saturated carbocycles. The average Bonchev–Trinajstić information content (AvgIpc) is 3.29. The first kappa shape index (κ1) is 17.7. The normalized spacial score (nSPS) is 42.3. The van der Waals surface area contributed by atoms with Crippen LogP contribution in [0.25, 0.3) is 0 Å². The number of fused-ring (bicyclic) bond motifs is 1. The monoisotopic (exact) mass is 349 g/mol. The van der Waals surface area contributed by atoms with E-state index in [4.69, 9.17) is 4.84 Å². The van der Waals surface area contributed by atoms with Crippen LogP contribution in [0.15, 0.2) is 0 Å². The minimum absolute atomic E-state index is 0.153. The smallest absolute Gasteiger partial charge is 0.223 e. The van der Waals surface area contributed by atoms with Gasteiger partial charge in [0.1, 0.15) is 6.23 Å². The SMILES string of the molecule is CCC1NC(C2CCC3C(CC[C@H]3C(=O)NC3CCCCC3)C2)NO1. The third-order valence-corrected chi connectivity index (χ3v) is 7.28. The molecule has 0 spiro atoms. The van der Waals surface area contributed by atoms with Crippen LogP contribution in [0.3, 0.4) is 0 Å². The van der Waals surface area contributed by atoms with Gasteiger partial charge in [-0.05, 0) is 69.1 Å². The molecular weight excluding hydrogens is 314 g/mol. The molecule has 5 unspecified atom stereocenters. The molecule has 0 radical (unpaired) electrons. The Bertz CT molecular complexity index is 466. The number of hydrogen-bond donors (Lipinski definition) is 3. The van der Waals surface area contributed by atoms with Crippen LogP contribution in [0.2, 0.25) is 0 Å². The molecule has 3 aliphatic carbocycles. The van der Waals surface area contributed by atoms with Gasteiger partial charge in [-0.3, -0.25) is 14.9 Å². The summed E-state index contributed by atoms with van der Waals surface area (Å²) in [5.41, 5.74) is 3.20. The summed E-state index contributed by atoms with van der Waals surface area (Å²) < 4.78 is 0. The lowest BCUT2D eigenvalue weighted by atomic mass is 9.72. The van der Waals surface area contributed by atoms with Gasteiger partial charge in [0.2, 0.25) is 5.91 Å². The van der Waals surface area contributed by atoms with Crippen LogP contribution < -0.4 is 16.1 Å². The van der Waals surface area contributed by atoms with Crippen molar-refractivity contribution in [1.29, 1.82) is 0 Å². The molecule has 5 nitrogen and oxygen atoms in total. The highest BCUT2D eigenvalue weighted by molar-refractivity contribution is 5.79. The van der Waals surface area contributed by atoms with E-state index in [2.05, 4.69) is 23.0 Å². The summed E-state index contributed by atoms with van der Waals surface area (Å²) in [5.74, 6) is 2.62. The molecule has 4 aliphatic rings. The van der Waals surface area contributed by atoms with Gasteiger partial charge in [-0.1, -0.05) is 26.2 Å². The van der Waals surface area contributed by atoms with E-state index in [-0.39, 0.29) is 12.1 Å². The highest BCUT2D eigenvalue weighted by Gasteiger charge is 2.45. The van der Waals surface area contributed by atoms with Gasteiger partial charge in [0.05, 0.1) is 6.17 Å². The molecule has 142 valence electrons. The standard InChI is InChI=1S/C20H35N3O2/c1-2-18-22-19(23-25-18)14-9-10-16-13(12-14)8-11-17(16)20(24)21-15-6-4-3-5-7-15/h13-19,22-23H,2-12H2,1H3,(H,21,24)/t13?,14?,16?,17-,18?,19?/m1/s1. The summed E-state index contributed by atoms with van der Waals surface area (Å²) in [6.45, 7) is 2.14. The molecular formula is C20H35N3O2. The van der Waals surface area contributed by atoms with Crippen molar-refractivity contribution >= 4 is 5.91 Å². The van der Waals surface area contributed by atoms with Gasteiger partial charge in [-0.25, -0.2) is 0 Å². The zero-order chi connectivity index (χ0) is 17.2. The summed E-state index contributed by atoms with van der Waals surface area (Å²) in [4.78, 5) is 18.4. The topological polar surface area (TPSA) is 62.4 Å². The van der Waals surface area contributed by atoms with E-state index >= 15 is 0 Å². The van der Waals surface area contributed by atoms with Crippen molar-refractivity contribution in [2.45, 2.75) is 96.0 Å². The molecule has 4 fully saturated rings. The summed E-state index contributed by atoms with van der Waals surface area (Å²) in [6.07, 6.45) is 13.7. The molecule has 1 aliphatic heterocycles. The van der Waals surface area contributed by atoms with E-state index in [0.717, 1.165) is 18.8 Å². The van der Waals surface area contributed by atoms with Crippen molar-refractivity contribution in [1.82, 2.24) is 16.1 Å². The summed E-state index contributed by atoms with van der Waals surface area (Å²) >= 11 is 0. The molecule has 6 atom stereocenters. The lowest BCUT2D eigenvalue weighted by Crippen LogP contribution is -2.45. The lowest BCUT2D eigenvalue weighted by Gasteiger charge is -2.36. The fraction of sp³-hybridized carbons (Fsp3) is 0.950. The Morgan fingerprint density at radius 1 is 1.04 bits per heavy atom. The quantitative estimate of drug-likeness (QED) is 0.730. The minimum Gasteiger partial charge on any atom is -0.353 e. The predicted molar refractivity (Wildman–Crippen MR) is 97.3 cm³/mol. The Morgan fingerprint density at radius 2 is 1.84 bits per heavy atom. The second-order valence-corrected chi connectivity index (χ2v) is 8.80. The van der Waals surface area contributed by atoms with Crippen molar-refractivity contribution in [3.05, 3.63) is 0 Å². The van der Waals surface area contributed by atoms with Crippen molar-refractivity contribution in [3.8, 4) is 0 Å². The van der Waals surface area contributed by atoms with E-state index in [9.17, 15) is 4.79 Å². The van der Waals surface area contributed by atoms with Crippen LogP contribution in [-0.2, 0) is 9.63 Å². The van der Waals surface area contributed by atoms with Crippen LogP contribution in [0, 0.1) is 23.7 Å². The van der Waals surface area contributed by atoms with Crippen molar-refractivity contribution < 1.29 is 9.63 Å². The zero-order valence-electron chi connectivity index (χ0n) is 15.6. The fourth-order valence-electron chi connectivity index (χ4n) is 5.83. The summed E-state index contributed by atoms with van der Waals surface area (Å²) in [6, 6.07) is 0.451. The first-order valence-electron chi connectivity index (χ1n) is 10.7. The molecule has 25 heavy (non-hydrogen) atoms. The van der Waals surface area contributed by atoms with Gasteiger partial charge < -0.3 is 5.32 Å². The Hall–Kier alpha value is -0.650. The zero-order valence-corrected chi connectivity index (χ0v) is 15.6. The third kappa shape index (κ3) is 3.88. The number of carbonyl (C=O) groups is 1. The van der Waals surface area contributed by atoms with E-state index in [0.29, 0.717) is 30.0 Å². The summed E-state index contributed by atoms with van der Waals surface area (Å²) in [7, 11) is 0. The van der Waals surface area contributed by atoms with Crippen molar-refractivity contribution in [2.24, 2.45) is 23.7 Å². The van der Waals surface area contributed by atoms with E-state index in [1.807, 2.05) is 0 Å². The van der Waals surface area contributed by atoms with Gasteiger partial charge in [-0.15, -0.1) is 0 Å². The van der Waals surface area contributed by atoms with Crippen LogP contribution >= 0.6 is 0 Å². The molecule has 1 saturated heterocycles. The Kier molecular flexibility index (Phi) is 5.63. The molecule has 5 heteroatoms. The molecule has 0 bridgehead atoms. The number of amides is 1. The highest BCUT2D eigenvalue weighted by atomic mass is 16.7. The molecule has 4 rings (SSSR count). The molecule has 0 aromatic rings. The van der Waals surface area contributed by atoms with Crippen LogP contribution in [0.4, 0.5) is 0 Å². The molecule has 1 amide bonds. The Balaban J connectivity index is 1.29. The number of hydroxylamine groups is 1. The van der Waals surface area contributed by atoms with Gasteiger partial charge in [-0.2, -0.15) is 5.48 Å². The van der Waals surface area contributed by atoms with Crippen molar-refractivity contribution in [2.75, 3.05) is 0 Å². The second kappa shape index (κ2) is 7.93. The molecule has 3 N–H and O–H groups in total. The second-order valence-electron chi connectivity index (χ2n) is 8.80. The lowest BCUT2D eigenvalue weighted by molar-refractivity contribution is -0.127. The van der Waals surface area contributed by atoms with Crippen LogP contribution in [-0.4, -0.2) is 24.3 Å². The van der Waals surface area contributed by atoms with Gasteiger partial charge in [0, 0.05) is 12.0 Å². The van der Waals surface area contributed by atoms with Gasteiger partial charge >= 0.3 is 0 Å². The summed E-state index contributed by atoms with van der Waals surface area (Å²) in [5, 5.41) is 6.96. The minimum atomic E-state index is 0.153. The van der Waals surface area contributed by atoms with Gasteiger partial charge in [0.25, 0.3) is 0 Å². The predicted octanol–water partition coefficient (Wildman–Crippen LogP) is 3.06. The van der Waals surface area contributed by atoms with E-state index in [1.54, 1.807) is 0 Å². The largest absolute Gasteiger partial charge is 0.353 e. The van der Waals surface area contributed by atoms with E-state index < -0.39 is 0 Å².